The molecule has 1 unspecified atom stereocenters. The second-order valence-corrected chi connectivity index (χ2v) is 11.0. The Morgan fingerprint density at radius 3 is 2.45 bits per heavy atom. The number of benzene rings is 2. The predicted molar refractivity (Wildman–Crippen MR) is 124 cm³/mol. The average Bonchev–Trinajstić information content (AvgIpc) is 3.11. The summed E-state index contributed by atoms with van der Waals surface area (Å²) in [5, 5.41) is 1.15. The average molecular weight is 484 g/mol. The lowest BCUT2D eigenvalue weighted by molar-refractivity contribution is -0.218. The summed E-state index contributed by atoms with van der Waals surface area (Å²) in [5.41, 5.74) is 1.32. The normalized spacial score (nSPS) is 32.0. The maximum atomic E-state index is 13.2. The van der Waals surface area contributed by atoms with Gasteiger partial charge in [-0.2, -0.15) is 0 Å². The first kappa shape index (κ1) is 21.2. The number of hydrogen-bond donors (Lipinski definition) is 0. The van der Waals surface area contributed by atoms with Crippen LogP contribution in [-0.2, 0) is 9.59 Å². The Kier molecular flexibility index (Phi) is 4.69. The van der Waals surface area contributed by atoms with Gasteiger partial charge in [0.15, 0.2) is 17.7 Å². The molecule has 2 aromatic rings. The van der Waals surface area contributed by atoms with Gasteiger partial charge in [-0.05, 0) is 67.0 Å². The third-order valence-corrected chi connectivity index (χ3v) is 8.44. The van der Waals surface area contributed by atoms with Crippen LogP contribution in [0.2, 0.25) is 10.0 Å². The molecule has 4 fully saturated rings. The number of fused-ring (bicyclic) bond motifs is 1. The molecule has 170 valence electrons. The van der Waals surface area contributed by atoms with Crippen LogP contribution in [0.15, 0.2) is 42.5 Å². The molecule has 2 aliphatic heterocycles. The molecule has 0 spiro atoms. The first-order valence-corrected chi connectivity index (χ1v) is 12.1. The topological polar surface area (TPSA) is 63.7 Å². The highest BCUT2D eigenvalue weighted by atomic mass is 35.5. The molecule has 1 saturated heterocycles. The summed E-state index contributed by atoms with van der Waals surface area (Å²) in [7, 11) is 0. The summed E-state index contributed by atoms with van der Waals surface area (Å²) in [6.45, 7) is 0.760. The number of amides is 1. The molecule has 7 rings (SSSR count). The van der Waals surface area contributed by atoms with Crippen LogP contribution >= 0.6 is 23.2 Å². The van der Waals surface area contributed by atoms with Crippen molar-refractivity contribution in [3.8, 4) is 5.75 Å². The van der Waals surface area contributed by atoms with Crippen molar-refractivity contribution in [1.29, 1.82) is 0 Å². The smallest absolute Gasteiger partial charge is 0.230 e. The summed E-state index contributed by atoms with van der Waals surface area (Å²) in [4.78, 5) is 40.7. The zero-order chi connectivity index (χ0) is 23.0. The lowest BCUT2D eigenvalue weighted by Gasteiger charge is -2.73. The quantitative estimate of drug-likeness (QED) is 0.584. The molecule has 2 bridgehead atoms. The lowest BCUT2D eigenvalue weighted by atomic mass is 9.37. The maximum absolute atomic E-state index is 13.2. The fraction of sp³-hybridized carbons (Fsp3) is 0.423. The van der Waals surface area contributed by atoms with Crippen LogP contribution in [0.5, 0.6) is 5.75 Å². The molecule has 3 saturated carbocycles. The van der Waals surface area contributed by atoms with Crippen molar-refractivity contribution in [2.24, 2.45) is 5.41 Å². The van der Waals surface area contributed by atoms with Crippen LogP contribution in [0.1, 0.15) is 60.4 Å². The molecule has 0 radical (unpaired) electrons. The number of carbonyl (C=O) groups excluding carboxylic acids is 3. The largest absolute Gasteiger partial charge is 0.481 e. The molecule has 0 N–H and O–H groups in total. The minimum absolute atomic E-state index is 0.0240. The van der Waals surface area contributed by atoms with Gasteiger partial charge < -0.3 is 9.64 Å². The molecule has 2 heterocycles. The van der Waals surface area contributed by atoms with E-state index >= 15 is 0 Å². The summed E-state index contributed by atoms with van der Waals surface area (Å²) in [6, 6.07) is 12.5. The summed E-state index contributed by atoms with van der Waals surface area (Å²) in [5.74, 6) is 0.377. The SMILES string of the molecule is O=C1C[C@H](C(=O)CC23CC(N4CCC(c5ccc(Cl)cc5)C4=O)(C2)C3)Oc2ccc(Cl)cc21. The van der Waals surface area contributed by atoms with Gasteiger partial charge in [0, 0.05) is 28.5 Å². The van der Waals surface area contributed by atoms with Gasteiger partial charge in [-0.25, -0.2) is 0 Å². The van der Waals surface area contributed by atoms with Crippen LogP contribution in [0.4, 0.5) is 0 Å². The molecular formula is C26H23Cl2NO4. The molecule has 5 nitrogen and oxygen atoms in total. The third-order valence-electron chi connectivity index (χ3n) is 7.95. The van der Waals surface area contributed by atoms with Crippen molar-refractivity contribution in [3.05, 3.63) is 63.6 Å². The van der Waals surface area contributed by atoms with Crippen LogP contribution in [0.3, 0.4) is 0 Å². The highest BCUT2D eigenvalue weighted by Gasteiger charge is 2.72. The Bertz CT molecular complexity index is 1170. The standard InChI is InChI=1S/C26H23Cl2NO4/c27-16-3-1-15(2-4-16)18-7-8-29(24(18)32)26-12-25(13-26,14-26)11-21(31)23-10-20(30)19-9-17(28)5-6-22(19)33-23/h1-6,9,18,23H,7-8,10-14H2/t18?,23-,25?,26?/m1/s1. The van der Waals surface area contributed by atoms with Gasteiger partial charge in [-0.15, -0.1) is 0 Å². The molecule has 2 aromatic carbocycles. The number of carbonyl (C=O) groups is 3. The Balaban J connectivity index is 1.08. The van der Waals surface area contributed by atoms with Crippen molar-refractivity contribution in [2.45, 2.75) is 56.1 Å². The van der Waals surface area contributed by atoms with Crippen molar-refractivity contribution < 1.29 is 19.1 Å². The number of ether oxygens (including phenoxy) is 1. The maximum Gasteiger partial charge on any atom is 0.230 e. The molecule has 7 heteroatoms. The van der Waals surface area contributed by atoms with Gasteiger partial charge >= 0.3 is 0 Å². The molecule has 3 aliphatic carbocycles. The van der Waals surface area contributed by atoms with E-state index in [1.54, 1.807) is 18.2 Å². The minimum Gasteiger partial charge on any atom is -0.481 e. The zero-order valence-electron chi connectivity index (χ0n) is 18.0. The Hall–Kier alpha value is -2.37. The molecular weight excluding hydrogens is 461 g/mol. The van der Waals surface area contributed by atoms with Gasteiger partial charge in [0.05, 0.1) is 17.9 Å². The van der Waals surface area contributed by atoms with E-state index in [4.69, 9.17) is 27.9 Å². The molecule has 33 heavy (non-hydrogen) atoms. The Morgan fingerprint density at radius 1 is 1.03 bits per heavy atom. The molecule has 2 atom stereocenters. The van der Waals surface area contributed by atoms with Crippen LogP contribution in [0, 0.1) is 5.41 Å². The van der Waals surface area contributed by atoms with Gasteiger partial charge in [0.25, 0.3) is 0 Å². The highest BCUT2D eigenvalue weighted by Crippen LogP contribution is 2.72. The monoisotopic (exact) mass is 483 g/mol. The number of hydrogen-bond acceptors (Lipinski definition) is 4. The number of rotatable bonds is 5. The second-order valence-electron chi connectivity index (χ2n) is 10.2. The van der Waals surface area contributed by atoms with Crippen LogP contribution in [-0.4, -0.2) is 40.6 Å². The summed E-state index contributed by atoms with van der Waals surface area (Å²) < 4.78 is 5.86. The lowest BCUT2D eigenvalue weighted by Crippen LogP contribution is -2.75. The Labute approximate surface area is 202 Å². The van der Waals surface area contributed by atoms with Crippen molar-refractivity contribution in [1.82, 2.24) is 4.90 Å². The zero-order valence-corrected chi connectivity index (χ0v) is 19.5. The first-order valence-electron chi connectivity index (χ1n) is 11.4. The number of ketones is 2. The van der Waals surface area contributed by atoms with E-state index in [-0.39, 0.29) is 40.8 Å². The second kappa shape index (κ2) is 7.31. The van der Waals surface area contributed by atoms with E-state index in [1.165, 1.54) is 0 Å². The van der Waals surface area contributed by atoms with Crippen LogP contribution in [0.25, 0.3) is 0 Å². The van der Waals surface area contributed by atoms with Crippen LogP contribution < -0.4 is 4.74 Å². The predicted octanol–water partition coefficient (Wildman–Crippen LogP) is 5.23. The summed E-state index contributed by atoms with van der Waals surface area (Å²) >= 11 is 12.0. The van der Waals surface area contributed by atoms with E-state index in [0.717, 1.165) is 37.8 Å². The van der Waals surface area contributed by atoms with E-state index in [1.807, 2.05) is 24.3 Å². The van der Waals surface area contributed by atoms with Crippen molar-refractivity contribution >= 4 is 40.7 Å². The van der Waals surface area contributed by atoms with Crippen molar-refractivity contribution in [2.75, 3.05) is 6.54 Å². The van der Waals surface area contributed by atoms with Gasteiger partial charge in [-0.1, -0.05) is 35.3 Å². The van der Waals surface area contributed by atoms with E-state index in [0.29, 0.717) is 27.8 Å². The number of likely N-dealkylation sites (tertiary alicyclic amines) is 1. The third kappa shape index (κ3) is 3.31. The molecule has 5 aliphatic rings. The Morgan fingerprint density at radius 2 is 1.73 bits per heavy atom. The van der Waals surface area contributed by atoms with Gasteiger partial charge in [0.1, 0.15) is 5.75 Å². The van der Waals surface area contributed by atoms with Gasteiger partial charge in [-0.3, -0.25) is 14.4 Å². The van der Waals surface area contributed by atoms with Crippen molar-refractivity contribution in [3.63, 3.8) is 0 Å². The molecule has 0 aromatic heterocycles. The number of Topliss-reactive ketones (excluding diaryl/α,β-unsaturated/α-hetero) is 2. The number of nitrogens with zero attached hydrogens (tertiary/aromatic N) is 1. The molecule has 1 amide bonds. The summed E-state index contributed by atoms with van der Waals surface area (Å²) in [6.07, 6.45) is 3.11. The van der Waals surface area contributed by atoms with Gasteiger partial charge in [0.2, 0.25) is 5.91 Å². The van der Waals surface area contributed by atoms with E-state index in [9.17, 15) is 14.4 Å². The highest BCUT2D eigenvalue weighted by molar-refractivity contribution is 6.31. The first-order chi connectivity index (χ1) is 15.8. The van der Waals surface area contributed by atoms with E-state index in [2.05, 4.69) is 4.90 Å². The minimum atomic E-state index is -0.737. The number of halogens is 2. The fourth-order valence-electron chi connectivity index (χ4n) is 6.53. The van der Waals surface area contributed by atoms with E-state index < -0.39 is 6.10 Å². The fourth-order valence-corrected chi connectivity index (χ4v) is 6.83.